The third kappa shape index (κ3) is 3.05. The predicted octanol–water partition coefficient (Wildman–Crippen LogP) is 3.15. The predicted molar refractivity (Wildman–Crippen MR) is 55.6 cm³/mol. The molecule has 0 unspecified atom stereocenters. The molecular weight excluding hydrogens is 178 g/mol. The van der Waals surface area contributed by atoms with Gasteiger partial charge >= 0.3 is 0 Å². The van der Waals surface area contributed by atoms with E-state index in [4.69, 9.17) is 9.26 Å². The lowest BCUT2D eigenvalue weighted by Crippen LogP contribution is -2.23. The first-order valence-corrected chi connectivity index (χ1v) is 4.85. The standard InChI is InChI=1S/C11H19NO2/c1-10(2,3)8-7-9(12-14-8)13-11(4,5)6/h7H,1-6H3. The Kier molecular flexibility index (Phi) is 2.61. The van der Waals surface area contributed by atoms with E-state index in [1.807, 2.05) is 26.8 Å². The van der Waals surface area contributed by atoms with E-state index in [0.717, 1.165) is 5.76 Å². The van der Waals surface area contributed by atoms with Gasteiger partial charge in [0.2, 0.25) is 0 Å². The van der Waals surface area contributed by atoms with Gasteiger partial charge in [-0.1, -0.05) is 20.8 Å². The molecule has 14 heavy (non-hydrogen) atoms. The molecule has 0 aromatic carbocycles. The first-order valence-electron chi connectivity index (χ1n) is 4.85. The number of rotatable bonds is 1. The number of aromatic nitrogens is 1. The van der Waals surface area contributed by atoms with Gasteiger partial charge in [0.1, 0.15) is 11.4 Å². The molecule has 0 aliphatic heterocycles. The maximum absolute atomic E-state index is 5.57. The fourth-order valence-electron chi connectivity index (χ4n) is 0.974. The lowest BCUT2D eigenvalue weighted by atomic mass is 9.93. The second-order valence-corrected chi connectivity index (χ2v) is 5.49. The number of hydrogen-bond acceptors (Lipinski definition) is 3. The summed E-state index contributed by atoms with van der Waals surface area (Å²) >= 11 is 0. The molecule has 80 valence electrons. The summed E-state index contributed by atoms with van der Waals surface area (Å²) in [6.07, 6.45) is 0. The second-order valence-electron chi connectivity index (χ2n) is 5.49. The highest BCUT2D eigenvalue weighted by Gasteiger charge is 2.22. The Morgan fingerprint density at radius 2 is 1.71 bits per heavy atom. The van der Waals surface area contributed by atoms with E-state index in [2.05, 4.69) is 25.9 Å². The Balaban J connectivity index is 2.79. The van der Waals surface area contributed by atoms with Crippen molar-refractivity contribution in [2.45, 2.75) is 52.6 Å². The van der Waals surface area contributed by atoms with Crippen molar-refractivity contribution < 1.29 is 9.26 Å². The van der Waals surface area contributed by atoms with Crippen molar-refractivity contribution in [3.8, 4) is 5.88 Å². The van der Waals surface area contributed by atoms with Gasteiger partial charge in [-0.25, -0.2) is 0 Å². The summed E-state index contributed by atoms with van der Waals surface area (Å²) in [7, 11) is 0. The molecule has 1 rings (SSSR count). The molecule has 0 saturated carbocycles. The monoisotopic (exact) mass is 197 g/mol. The Labute approximate surface area is 85.4 Å². The zero-order valence-electron chi connectivity index (χ0n) is 9.84. The zero-order chi connectivity index (χ0) is 11.0. The van der Waals surface area contributed by atoms with Crippen LogP contribution in [0.4, 0.5) is 0 Å². The van der Waals surface area contributed by atoms with Gasteiger partial charge in [-0.15, -0.1) is 0 Å². The van der Waals surface area contributed by atoms with Crippen molar-refractivity contribution in [2.24, 2.45) is 0 Å². The zero-order valence-corrected chi connectivity index (χ0v) is 9.84. The molecule has 0 aliphatic rings. The van der Waals surface area contributed by atoms with Crippen molar-refractivity contribution in [1.29, 1.82) is 0 Å². The fourth-order valence-corrected chi connectivity index (χ4v) is 0.974. The van der Waals surface area contributed by atoms with E-state index in [1.165, 1.54) is 0 Å². The summed E-state index contributed by atoms with van der Waals surface area (Å²) in [6.45, 7) is 12.2. The van der Waals surface area contributed by atoms with Gasteiger partial charge in [0.25, 0.3) is 5.88 Å². The first-order chi connectivity index (χ1) is 6.18. The molecule has 0 amide bonds. The molecule has 0 spiro atoms. The van der Waals surface area contributed by atoms with Crippen molar-refractivity contribution in [2.75, 3.05) is 0 Å². The topological polar surface area (TPSA) is 35.3 Å². The summed E-state index contributed by atoms with van der Waals surface area (Å²) in [4.78, 5) is 0. The van der Waals surface area contributed by atoms with Crippen LogP contribution in [0, 0.1) is 0 Å². The van der Waals surface area contributed by atoms with Gasteiger partial charge < -0.3 is 9.26 Å². The maximum atomic E-state index is 5.57. The minimum atomic E-state index is -0.230. The van der Waals surface area contributed by atoms with Crippen molar-refractivity contribution in [3.63, 3.8) is 0 Å². The van der Waals surface area contributed by atoms with Crippen LogP contribution in [0.5, 0.6) is 5.88 Å². The highest BCUT2D eigenvalue weighted by molar-refractivity contribution is 5.17. The van der Waals surface area contributed by atoms with Crippen LogP contribution in [-0.4, -0.2) is 10.8 Å². The van der Waals surface area contributed by atoms with E-state index >= 15 is 0 Å². The molecule has 0 aliphatic carbocycles. The molecule has 1 aromatic rings. The summed E-state index contributed by atoms with van der Waals surface area (Å²) in [5.41, 5.74) is -0.251. The summed E-state index contributed by atoms with van der Waals surface area (Å²) in [6, 6.07) is 1.85. The van der Waals surface area contributed by atoms with Crippen LogP contribution in [0.15, 0.2) is 10.6 Å². The van der Waals surface area contributed by atoms with Crippen molar-refractivity contribution >= 4 is 0 Å². The minimum absolute atomic E-state index is 0.0213. The maximum Gasteiger partial charge on any atom is 0.254 e. The molecule has 0 atom stereocenters. The Morgan fingerprint density at radius 1 is 1.14 bits per heavy atom. The first kappa shape index (κ1) is 11.1. The summed E-state index contributed by atoms with van der Waals surface area (Å²) in [5.74, 6) is 1.40. The molecule has 3 nitrogen and oxygen atoms in total. The fraction of sp³-hybridized carbons (Fsp3) is 0.727. The van der Waals surface area contributed by atoms with Gasteiger partial charge in [0, 0.05) is 11.5 Å². The summed E-state index contributed by atoms with van der Waals surface area (Å²) in [5, 5.41) is 3.87. The third-order valence-corrected chi connectivity index (χ3v) is 1.64. The van der Waals surface area contributed by atoms with Crippen molar-refractivity contribution in [1.82, 2.24) is 5.16 Å². The highest BCUT2D eigenvalue weighted by atomic mass is 16.6. The molecule has 0 bridgehead atoms. The van der Waals surface area contributed by atoms with Gasteiger partial charge in [-0.05, 0) is 25.9 Å². The van der Waals surface area contributed by atoms with Crippen molar-refractivity contribution in [3.05, 3.63) is 11.8 Å². The minimum Gasteiger partial charge on any atom is -0.470 e. The smallest absolute Gasteiger partial charge is 0.254 e. The SMILES string of the molecule is CC(C)(C)Oc1cc(C(C)(C)C)on1. The average molecular weight is 197 g/mol. The van der Waals surface area contributed by atoms with Crippen LogP contribution in [0.25, 0.3) is 0 Å². The highest BCUT2D eigenvalue weighted by Crippen LogP contribution is 2.26. The Hall–Kier alpha value is -0.990. The molecular formula is C11H19NO2. The van der Waals surface area contributed by atoms with E-state index < -0.39 is 0 Å². The molecule has 1 heterocycles. The van der Waals surface area contributed by atoms with Crippen LogP contribution in [0.3, 0.4) is 0 Å². The lowest BCUT2D eigenvalue weighted by Gasteiger charge is -2.18. The molecule has 1 aromatic heterocycles. The van der Waals surface area contributed by atoms with E-state index in [-0.39, 0.29) is 11.0 Å². The van der Waals surface area contributed by atoms with Gasteiger partial charge in [0.15, 0.2) is 0 Å². The average Bonchev–Trinajstić information content (AvgIpc) is 2.29. The normalized spacial score (nSPS) is 13.0. The van der Waals surface area contributed by atoms with Crippen LogP contribution >= 0.6 is 0 Å². The van der Waals surface area contributed by atoms with E-state index in [9.17, 15) is 0 Å². The third-order valence-electron chi connectivity index (χ3n) is 1.64. The van der Waals surface area contributed by atoms with Crippen LogP contribution < -0.4 is 4.74 Å². The largest absolute Gasteiger partial charge is 0.470 e. The number of ether oxygens (including phenoxy) is 1. The van der Waals surface area contributed by atoms with E-state index in [1.54, 1.807) is 0 Å². The van der Waals surface area contributed by atoms with Crippen LogP contribution in [0.2, 0.25) is 0 Å². The second kappa shape index (κ2) is 3.30. The summed E-state index contributed by atoms with van der Waals surface area (Å²) < 4.78 is 10.8. The van der Waals surface area contributed by atoms with Gasteiger partial charge in [-0.3, -0.25) is 0 Å². The van der Waals surface area contributed by atoms with Crippen LogP contribution in [0.1, 0.15) is 47.3 Å². The molecule has 0 saturated heterocycles. The molecule has 0 radical (unpaired) electrons. The van der Waals surface area contributed by atoms with E-state index in [0.29, 0.717) is 5.88 Å². The Morgan fingerprint density at radius 3 is 2.07 bits per heavy atom. The molecule has 0 N–H and O–H groups in total. The lowest BCUT2D eigenvalue weighted by molar-refractivity contribution is 0.117. The van der Waals surface area contributed by atoms with Gasteiger partial charge in [0.05, 0.1) is 0 Å². The number of nitrogens with zero attached hydrogens (tertiary/aromatic N) is 1. The Bertz CT molecular complexity index is 302. The quantitative estimate of drug-likeness (QED) is 0.693. The van der Waals surface area contributed by atoms with Gasteiger partial charge in [-0.2, -0.15) is 0 Å². The molecule has 0 fully saturated rings. The van der Waals surface area contributed by atoms with Crippen LogP contribution in [-0.2, 0) is 5.41 Å². The number of hydrogen-bond donors (Lipinski definition) is 0. The molecule has 3 heteroatoms.